The van der Waals surface area contributed by atoms with Crippen molar-refractivity contribution in [1.29, 1.82) is 0 Å². The Hall–Kier alpha value is -4.38. The minimum atomic E-state index is -0.159. The van der Waals surface area contributed by atoms with Gasteiger partial charge in [-0.3, -0.25) is 9.59 Å². The molecule has 4 aromatic rings. The van der Waals surface area contributed by atoms with E-state index in [9.17, 15) is 9.59 Å². The van der Waals surface area contributed by atoms with E-state index in [1.165, 1.54) is 5.56 Å². The third-order valence-corrected chi connectivity index (χ3v) is 5.98. The van der Waals surface area contributed by atoms with E-state index in [-0.39, 0.29) is 18.4 Å². The SMILES string of the molecule is O=C(CNc1cccc(C(=O)N2CCc3ccccc32)c1)Nc1ccccc1-c1ccccc1. The molecule has 0 unspecified atom stereocenters. The third-order valence-electron chi connectivity index (χ3n) is 5.98. The zero-order chi connectivity index (χ0) is 23.3. The van der Waals surface area contributed by atoms with E-state index in [4.69, 9.17) is 0 Å². The van der Waals surface area contributed by atoms with Crippen molar-refractivity contribution in [3.05, 3.63) is 114 Å². The van der Waals surface area contributed by atoms with Crippen molar-refractivity contribution in [2.24, 2.45) is 0 Å². The lowest BCUT2D eigenvalue weighted by Crippen LogP contribution is -2.29. The molecule has 0 fully saturated rings. The maximum Gasteiger partial charge on any atom is 0.258 e. The lowest BCUT2D eigenvalue weighted by atomic mass is 10.0. The monoisotopic (exact) mass is 447 g/mol. The van der Waals surface area contributed by atoms with Crippen molar-refractivity contribution in [1.82, 2.24) is 0 Å². The standard InChI is InChI=1S/C29H25N3O2/c33-28(31-26-15-6-5-14-25(26)21-9-2-1-3-10-21)20-30-24-13-8-12-23(19-24)29(34)32-18-17-22-11-4-7-16-27(22)32/h1-16,19,30H,17-18,20H2,(H,31,33). The van der Waals surface area contributed by atoms with Crippen LogP contribution in [0.2, 0.25) is 0 Å². The molecule has 168 valence electrons. The Kier molecular flexibility index (Phi) is 6.08. The summed E-state index contributed by atoms with van der Waals surface area (Å²) in [6.07, 6.45) is 0.866. The molecule has 0 aromatic heterocycles. The van der Waals surface area contributed by atoms with E-state index in [1.807, 2.05) is 95.9 Å². The van der Waals surface area contributed by atoms with E-state index >= 15 is 0 Å². The van der Waals surface area contributed by atoms with Crippen LogP contribution >= 0.6 is 0 Å². The Bertz CT molecular complexity index is 1330. The van der Waals surface area contributed by atoms with Gasteiger partial charge in [0, 0.05) is 34.7 Å². The second-order valence-electron chi connectivity index (χ2n) is 8.23. The first kappa shape index (κ1) is 21.5. The molecule has 0 aliphatic carbocycles. The molecule has 1 aliphatic heterocycles. The molecule has 5 rings (SSSR count). The normalized spacial score (nSPS) is 12.2. The van der Waals surface area contributed by atoms with Gasteiger partial charge in [0.2, 0.25) is 5.91 Å². The van der Waals surface area contributed by atoms with Gasteiger partial charge in [-0.2, -0.15) is 0 Å². The Balaban J connectivity index is 1.24. The molecule has 0 saturated heterocycles. The van der Waals surface area contributed by atoms with Crippen LogP contribution in [-0.4, -0.2) is 24.9 Å². The number of hydrogen-bond acceptors (Lipinski definition) is 3. The van der Waals surface area contributed by atoms with Gasteiger partial charge in [0.25, 0.3) is 5.91 Å². The van der Waals surface area contributed by atoms with Gasteiger partial charge in [-0.25, -0.2) is 0 Å². The van der Waals surface area contributed by atoms with Crippen LogP contribution in [-0.2, 0) is 11.2 Å². The predicted molar refractivity (Wildman–Crippen MR) is 137 cm³/mol. The summed E-state index contributed by atoms with van der Waals surface area (Å²) >= 11 is 0. The molecule has 2 N–H and O–H groups in total. The summed E-state index contributed by atoms with van der Waals surface area (Å²) in [7, 11) is 0. The fourth-order valence-electron chi connectivity index (χ4n) is 4.31. The average molecular weight is 448 g/mol. The van der Waals surface area contributed by atoms with Gasteiger partial charge >= 0.3 is 0 Å². The van der Waals surface area contributed by atoms with Crippen LogP contribution in [0.5, 0.6) is 0 Å². The summed E-state index contributed by atoms with van der Waals surface area (Å²) in [5.74, 6) is -0.191. The highest BCUT2D eigenvalue weighted by atomic mass is 16.2. The smallest absolute Gasteiger partial charge is 0.258 e. The van der Waals surface area contributed by atoms with E-state index in [0.29, 0.717) is 12.1 Å². The number of fused-ring (bicyclic) bond motifs is 1. The Morgan fingerprint density at radius 1 is 0.794 bits per heavy atom. The Labute approximate surface area is 199 Å². The van der Waals surface area contributed by atoms with Crippen LogP contribution in [0.15, 0.2) is 103 Å². The van der Waals surface area contributed by atoms with E-state index < -0.39 is 0 Å². The van der Waals surface area contributed by atoms with Crippen molar-refractivity contribution >= 4 is 28.9 Å². The Morgan fingerprint density at radius 2 is 1.56 bits per heavy atom. The topological polar surface area (TPSA) is 61.4 Å². The molecule has 0 radical (unpaired) electrons. The summed E-state index contributed by atoms with van der Waals surface area (Å²) in [6.45, 7) is 0.770. The number of amides is 2. The second-order valence-corrected chi connectivity index (χ2v) is 8.23. The van der Waals surface area contributed by atoms with Crippen LogP contribution < -0.4 is 15.5 Å². The lowest BCUT2D eigenvalue weighted by Gasteiger charge is -2.18. The summed E-state index contributed by atoms with van der Waals surface area (Å²) in [4.78, 5) is 27.6. The maximum absolute atomic E-state index is 13.1. The molecule has 1 heterocycles. The van der Waals surface area contributed by atoms with E-state index in [0.717, 1.165) is 34.6 Å². The van der Waals surface area contributed by atoms with Gasteiger partial charge in [0.05, 0.1) is 6.54 Å². The number of nitrogens with zero attached hydrogens (tertiary/aromatic N) is 1. The molecule has 34 heavy (non-hydrogen) atoms. The van der Waals surface area contributed by atoms with Crippen LogP contribution in [0.3, 0.4) is 0 Å². The lowest BCUT2D eigenvalue weighted by molar-refractivity contribution is -0.114. The van der Waals surface area contributed by atoms with Crippen molar-refractivity contribution in [3.63, 3.8) is 0 Å². The van der Waals surface area contributed by atoms with Gasteiger partial charge in [0.15, 0.2) is 0 Å². The minimum Gasteiger partial charge on any atom is -0.376 e. The van der Waals surface area contributed by atoms with Crippen molar-refractivity contribution in [3.8, 4) is 11.1 Å². The van der Waals surface area contributed by atoms with Crippen LogP contribution in [0.25, 0.3) is 11.1 Å². The molecule has 0 spiro atoms. The first-order valence-electron chi connectivity index (χ1n) is 11.4. The fourth-order valence-corrected chi connectivity index (χ4v) is 4.31. The number of carbonyl (C=O) groups is 2. The number of anilines is 3. The van der Waals surface area contributed by atoms with E-state index in [1.54, 1.807) is 6.07 Å². The van der Waals surface area contributed by atoms with E-state index in [2.05, 4.69) is 16.7 Å². The molecule has 5 heteroatoms. The summed E-state index contributed by atoms with van der Waals surface area (Å²) < 4.78 is 0. The number of hydrogen-bond donors (Lipinski definition) is 2. The molecular formula is C29H25N3O2. The predicted octanol–water partition coefficient (Wildman–Crippen LogP) is 5.61. The van der Waals surface area contributed by atoms with Crippen molar-refractivity contribution in [2.45, 2.75) is 6.42 Å². The minimum absolute atomic E-state index is 0.0326. The maximum atomic E-state index is 13.1. The van der Waals surface area contributed by atoms with Crippen LogP contribution in [0, 0.1) is 0 Å². The number of rotatable bonds is 6. The van der Waals surface area contributed by atoms with Crippen molar-refractivity contribution < 1.29 is 9.59 Å². The fraction of sp³-hybridized carbons (Fsp3) is 0.103. The average Bonchev–Trinajstić information content (AvgIpc) is 3.32. The molecule has 0 saturated carbocycles. The van der Waals surface area contributed by atoms with Crippen LogP contribution in [0.1, 0.15) is 15.9 Å². The third kappa shape index (κ3) is 4.55. The number of benzene rings is 4. The second kappa shape index (κ2) is 9.63. The zero-order valence-electron chi connectivity index (χ0n) is 18.7. The van der Waals surface area contributed by atoms with Gasteiger partial charge in [-0.15, -0.1) is 0 Å². The molecular weight excluding hydrogens is 422 g/mol. The highest BCUT2D eigenvalue weighted by Gasteiger charge is 2.25. The first-order chi connectivity index (χ1) is 16.7. The number of carbonyl (C=O) groups excluding carboxylic acids is 2. The molecule has 0 bridgehead atoms. The molecule has 1 aliphatic rings. The van der Waals surface area contributed by atoms with Gasteiger partial charge in [-0.1, -0.05) is 72.8 Å². The highest BCUT2D eigenvalue weighted by molar-refractivity contribution is 6.07. The molecule has 4 aromatic carbocycles. The zero-order valence-corrected chi connectivity index (χ0v) is 18.7. The molecule has 5 nitrogen and oxygen atoms in total. The summed E-state index contributed by atoms with van der Waals surface area (Å²) in [6, 6.07) is 33.0. The van der Waals surface area contributed by atoms with Crippen LogP contribution in [0.4, 0.5) is 17.1 Å². The quantitative estimate of drug-likeness (QED) is 0.404. The summed E-state index contributed by atoms with van der Waals surface area (Å²) in [5.41, 5.74) is 6.26. The Morgan fingerprint density at radius 3 is 2.44 bits per heavy atom. The largest absolute Gasteiger partial charge is 0.376 e. The van der Waals surface area contributed by atoms with Gasteiger partial charge in [-0.05, 0) is 47.9 Å². The van der Waals surface area contributed by atoms with Gasteiger partial charge < -0.3 is 15.5 Å². The number of para-hydroxylation sites is 2. The summed E-state index contributed by atoms with van der Waals surface area (Å²) in [5, 5.41) is 6.14. The highest BCUT2D eigenvalue weighted by Crippen LogP contribution is 2.29. The van der Waals surface area contributed by atoms with Crippen molar-refractivity contribution in [2.75, 3.05) is 28.6 Å². The number of nitrogens with one attached hydrogen (secondary N) is 2. The van der Waals surface area contributed by atoms with Gasteiger partial charge in [0.1, 0.15) is 0 Å². The first-order valence-corrected chi connectivity index (χ1v) is 11.4. The molecule has 0 atom stereocenters. The molecule has 2 amide bonds.